The Morgan fingerprint density at radius 2 is 2.14 bits per heavy atom. The van der Waals surface area contributed by atoms with E-state index in [4.69, 9.17) is 16.1 Å². The average molecular weight is 306 g/mol. The molecule has 5 heteroatoms. The van der Waals surface area contributed by atoms with E-state index in [9.17, 15) is 0 Å². The quantitative estimate of drug-likeness (QED) is 0.921. The lowest BCUT2D eigenvalue weighted by atomic mass is 9.93. The first-order valence-corrected chi connectivity index (χ1v) is 7.94. The van der Waals surface area contributed by atoms with Crippen molar-refractivity contribution >= 4 is 11.6 Å². The number of rotatable bonds is 5. The van der Waals surface area contributed by atoms with Crippen molar-refractivity contribution in [3.8, 4) is 0 Å². The van der Waals surface area contributed by atoms with Gasteiger partial charge in [-0.15, -0.1) is 0 Å². The Bertz CT molecular complexity index is 578. The third kappa shape index (κ3) is 4.29. The Morgan fingerprint density at radius 1 is 1.29 bits per heavy atom. The molecule has 4 nitrogen and oxygen atoms in total. The summed E-state index contributed by atoms with van der Waals surface area (Å²) >= 11 is 5.98. The van der Waals surface area contributed by atoms with Gasteiger partial charge < -0.3 is 9.84 Å². The van der Waals surface area contributed by atoms with Gasteiger partial charge in [0.15, 0.2) is 5.82 Å². The van der Waals surface area contributed by atoms with Gasteiger partial charge in [-0.2, -0.15) is 4.98 Å². The highest BCUT2D eigenvalue weighted by molar-refractivity contribution is 6.30. The van der Waals surface area contributed by atoms with Crippen LogP contribution in [-0.2, 0) is 12.8 Å². The summed E-state index contributed by atoms with van der Waals surface area (Å²) in [6.07, 6.45) is 5.19. The molecule has 21 heavy (non-hydrogen) atoms. The predicted molar refractivity (Wildman–Crippen MR) is 82.5 cm³/mol. The zero-order valence-corrected chi connectivity index (χ0v) is 12.8. The normalized spacial score (nSPS) is 16.2. The number of aryl methyl sites for hydroxylation is 1. The van der Waals surface area contributed by atoms with Crippen LogP contribution in [0.25, 0.3) is 0 Å². The Hall–Kier alpha value is -1.39. The first-order valence-electron chi connectivity index (χ1n) is 7.56. The van der Waals surface area contributed by atoms with Gasteiger partial charge in [0.1, 0.15) is 0 Å². The van der Waals surface area contributed by atoms with Gasteiger partial charge in [0.05, 0.1) is 0 Å². The molecule has 1 aliphatic heterocycles. The Labute approximate surface area is 129 Å². The minimum absolute atomic E-state index is 0.664. The molecule has 0 saturated carbocycles. The van der Waals surface area contributed by atoms with Crippen LogP contribution < -0.4 is 5.32 Å². The fraction of sp³-hybridized carbons (Fsp3) is 0.500. The molecule has 2 aromatic rings. The molecule has 0 amide bonds. The van der Waals surface area contributed by atoms with E-state index in [1.807, 2.05) is 24.3 Å². The van der Waals surface area contributed by atoms with Crippen molar-refractivity contribution in [2.75, 3.05) is 13.1 Å². The molecule has 0 atom stereocenters. The van der Waals surface area contributed by atoms with Crippen molar-refractivity contribution < 1.29 is 4.52 Å². The Morgan fingerprint density at radius 3 is 2.95 bits per heavy atom. The molecule has 0 radical (unpaired) electrons. The Kier molecular flexibility index (Phi) is 4.88. The summed E-state index contributed by atoms with van der Waals surface area (Å²) in [5, 5.41) is 8.19. The van der Waals surface area contributed by atoms with E-state index in [1.165, 1.54) is 12.8 Å². The molecule has 1 fully saturated rings. The third-order valence-corrected chi connectivity index (χ3v) is 4.22. The standard InChI is InChI=1S/C16H20ClN3O/c17-14-3-1-2-13(10-14)11-15-19-16(21-20-15)5-4-12-6-8-18-9-7-12/h1-3,10,12,18H,4-9,11H2. The molecule has 1 aliphatic rings. The molecule has 2 heterocycles. The number of halogens is 1. The molecule has 3 rings (SSSR count). The van der Waals surface area contributed by atoms with Crippen LogP contribution in [0.5, 0.6) is 0 Å². The van der Waals surface area contributed by atoms with Crippen molar-refractivity contribution in [3.05, 3.63) is 46.6 Å². The monoisotopic (exact) mass is 305 g/mol. The summed E-state index contributed by atoms with van der Waals surface area (Å²) in [5.74, 6) is 2.28. The van der Waals surface area contributed by atoms with Gasteiger partial charge in [0, 0.05) is 17.9 Å². The van der Waals surface area contributed by atoms with Crippen molar-refractivity contribution in [1.82, 2.24) is 15.5 Å². The summed E-state index contributed by atoms with van der Waals surface area (Å²) in [7, 11) is 0. The van der Waals surface area contributed by atoms with Crippen LogP contribution in [0.2, 0.25) is 5.02 Å². The van der Waals surface area contributed by atoms with E-state index < -0.39 is 0 Å². The number of benzene rings is 1. The largest absolute Gasteiger partial charge is 0.339 e. The summed E-state index contributed by atoms with van der Waals surface area (Å²) in [4.78, 5) is 4.48. The zero-order chi connectivity index (χ0) is 14.5. The molecular weight excluding hydrogens is 286 g/mol. The molecular formula is C16H20ClN3O. The van der Waals surface area contributed by atoms with Crippen LogP contribution in [0.1, 0.15) is 36.5 Å². The maximum atomic E-state index is 5.98. The second kappa shape index (κ2) is 7.05. The van der Waals surface area contributed by atoms with Crippen LogP contribution in [0.3, 0.4) is 0 Å². The topological polar surface area (TPSA) is 51.0 Å². The smallest absolute Gasteiger partial charge is 0.226 e. The SMILES string of the molecule is Clc1cccc(Cc2noc(CCC3CCNCC3)n2)c1. The van der Waals surface area contributed by atoms with E-state index >= 15 is 0 Å². The van der Waals surface area contributed by atoms with Crippen LogP contribution in [0.15, 0.2) is 28.8 Å². The zero-order valence-electron chi connectivity index (χ0n) is 12.0. The van der Waals surface area contributed by atoms with E-state index in [1.54, 1.807) is 0 Å². The van der Waals surface area contributed by atoms with Gasteiger partial charge >= 0.3 is 0 Å². The highest BCUT2D eigenvalue weighted by Gasteiger charge is 2.15. The summed E-state index contributed by atoms with van der Waals surface area (Å²) in [6.45, 7) is 2.27. The van der Waals surface area contributed by atoms with Gasteiger partial charge in [-0.3, -0.25) is 0 Å². The fourth-order valence-electron chi connectivity index (χ4n) is 2.79. The van der Waals surface area contributed by atoms with Gasteiger partial charge in [0.25, 0.3) is 0 Å². The van der Waals surface area contributed by atoms with Gasteiger partial charge in [-0.25, -0.2) is 0 Å². The molecule has 0 spiro atoms. The van der Waals surface area contributed by atoms with Gasteiger partial charge in [0.2, 0.25) is 5.89 Å². The van der Waals surface area contributed by atoms with Crippen molar-refractivity contribution in [2.24, 2.45) is 5.92 Å². The molecule has 112 valence electrons. The number of aromatic nitrogens is 2. The minimum Gasteiger partial charge on any atom is -0.339 e. The molecule has 1 N–H and O–H groups in total. The fourth-order valence-corrected chi connectivity index (χ4v) is 3.00. The predicted octanol–water partition coefficient (Wildman–Crippen LogP) is 3.25. The number of nitrogens with zero attached hydrogens (tertiary/aromatic N) is 2. The second-order valence-electron chi connectivity index (χ2n) is 5.64. The van der Waals surface area contributed by atoms with E-state index in [0.717, 1.165) is 54.2 Å². The average Bonchev–Trinajstić information content (AvgIpc) is 2.94. The molecule has 0 aliphatic carbocycles. The van der Waals surface area contributed by atoms with Crippen LogP contribution in [0.4, 0.5) is 0 Å². The lowest BCUT2D eigenvalue weighted by Gasteiger charge is -2.21. The minimum atomic E-state index is 0.664. The van der Waals surface area contributed by atoms with Gasteiger partial charge in [-0.05, 0) is 56.0 Å². The van der Waals surface area contributed by atoms with Crippen molar-refractivity contribution in [3.63, 3.8) is 0 Å². The van der Waals surface area contributed by atoms with Crippen molar-refractivity contribution in [2.45, 2.75) is 32.1 Å². The molecule has 0 unspecified atom stereocenters. The summed E-state index contributed by atoms with van der Waals surface area (Å²) < 4.78 is 5.35. The number of hydrogen-bond donors (Lipinski definition) is 1. The lowest BCUT2D eigenvalue weighted by molar-refractivity contribution is 0.323. The molecule has 1 aromatic carbocycles. The van der Waals surface area contributed by atoms with Crippen LogP contribution in [0, 0.1) is 5.92 Å². The molecule has 1 aromatic heterocycles. The van der Waals surface area contributed by atoms with Crippen LogP contribution in [-0.4, -0.2) is 23.2 Å². The summed E-state index contributed by atoms with van der Waals surface area (Å²) in [5.41, 5.74) is 1.10. The highest BCUT2D eigenvalue weighted by atomic mass is 35.5. The van der Waals surface area contributed by atoms with Crippen molar-refractivity contribution in [1.29, 1.82) is 0 Å². The van der Waals surface area contributed by atoms with E-state index in [2.05, 4.69) is 15.5 Å². The Balaban J connectivity index is 1.53. The first-order chi connectivity index (χ1) is 10.3. The first kappa shape index (κ1) is 14.5. The molecule has 0 bridgehead atoms. The van der Waals surface area contributed by atoms with Gasteiger partial charge in [-0.1, -0.05) is 28.9 Å². The number of hydrogen-bond acceptors (Lipinski definition) is 4. The number of nitrogens with one attached hydrogen (secondary N) is 1. The maximum absolute atomic E-state index is 5.98. The van der Waals surface area contributed by atoms with E-state index in [0.29, 0.717) is 6.42 Å². The maximum Gasteiger partial charge on any atom is 0.226 e. The number of piperidine rings is 1. The van der Waals surface area contributed by atoms with Crippen LogP contribution >= 0.6 is 11.6 Å². The lowest BCUT2D eigenvalue weighted by Crippen LogP contribution is -2.27. The summed E-state index contributed by atoms with van der Waals surface area (Å²) in [6, 6.07) is 7.77. The van der Waals surface area contributed by atoms with E-state index in [-0.39, 0.29) is 0 Å². The molecule has 1 saturated heterocycles. The third-order valence-electron chi connectivity index (χ3n) is 3.99. The second-order valence-corrected chi connectivity index (χ2v) is 6.08. The highest BCUT2D eigenvalue weighted by Crippen LogP contribution is 2.19.